The number of hydrogen-bond donors (Lipinski definition) is 1. The lowest BCUT2D eigenvalue weighted by molar-refractivity contribution is -0.139. The fourth-order valence-electron chi connectivity index (χ4n) is 2.36. The largest absolute Gasteiger partial charge is 0.480 e. The summed E-state index contributed by atoms with van der Waals surface area (Å²) in [5.74, 6) is -1.15. The highest BCUT2D eigenvalue weighted by Crippen LogP contribution is 2.39. The summed E-state index contributed by atoms with van der Waals surface area (Å²) < 4.78 is -1.49. The lowest BCUT2D eigenvalue weighted by atomic mass is 9.92. The van der Waals surface area contributed by atoms with Crippen LogP contribution in [0.1, 0.15) is 25.0 Å². The van der Waals surface area contributed by atoms with E-state index in [1.54, 1.807) is 18.2 Å². The second kappa shape index (κ2) is 6.67. The Morgan fingerprint density at radius 3 is 2.30 bits per heavy atom. The van der Waals surface area contributed by atoms with Crippen molar-refractivity contribution in [3.05, 3.63) is 59.7 Å². The molecule has 0 fully saturated rings. The summed E-state index contributed by atoms with van der Waals surface area (Å²) >= 11 is 0.705. The van der Waals surface area contributed by atoms with Crippen molar-refractivity contribution in [3.8, 4) is 17.2 Å². The highest BCUT2D eigenvalue weighted by atomic mass is 32.2. The fourth-order valence-corrected chi connectivity index (χ4v) is 3.31. The van der Waals surface area contributed by atoms with Crippen LogP contribution in [0.15, 0.2) is 48.5 Å². The molecule has 5 heteroatoms. The summed E-state index contributed by atoms with van der Waals surface area (Å²) in [6, 6.07) is 16.6. The minimum atomic E-state index is -1.49. The Hall–Kier alpha value is -2.58. The summed E-state index contributed by atoms with van der Waals surface area (Å²) in [4.78, 5) is 23.1. The van der Waals surface area contributed by atoms with E-state index >= 15 is 0 Å². The van der Waals surface area contributed by atoms with Gasteiger partial charge in [-0.1, -0.05) is 54.2 Å². The van der Waals surface area contributed by atoms with Crippen LogP contribution in [0.4, 0.5) is 0 Å². The highest BCUT2D eigenvalue weighted by molar-refractivity contribution is 8.14. The molecule has 0 aliphatic heterocycles. The third kappa shape index (κ3) is 3.43. The molecule has 4 nitrogen and oxygen atoms in total. The number of carboxylic acid groups (broad SMARTS) is 1. The zero-order valence-corrected chi connectivity index (χ0v) is 13.6. The van der Waals surface area contributed by atoms with Crippen LogP contribution in [0, 0.1) is 11.3 Å². The van der Waals surface area contributed by atoms with E-state index in [0.717, 1.165) is 11.1 Å². The summed E-state index contributed by atoms with van der Waals surface area (Å²) in [7, 11) is 0. The number of carboxylic acids is 1. The molecule has 2 aromatic rings. The zero-order chi connectivity index (χ0) is 17.0. The van der Waals surface area contributed by atoms with Gasteiger partial charge in [-0.15, -0.1) is 0 Å². The SMILES string of the molecule is CC(=O)SC(C)(C(=O)O)c1ccc(-c2ccccc2)cc1C#N. The predicted octanol–water partition coefficient (Wildman–Crippen LogP) is 3.80. The molecule has 116 valence electrons. The van der Waals surface area contributed by atoms with Crippen molar-refractivity contribution in [2.45, 2.75) is 18.6 Å². The number of rotatable bonds is 4. The molecule has 1 unspecified atom stereocenters. The molecule has 0 radical (unpaired) electrons. The molecular formula is C18H15NO3S. The van der Waals surface area contributed by atoms with Gasteiger partial charge in [-0.3, -0.25) is 9.59 Å². The summed E-state index contributed by atoms with van der Waals surface area (Å²) in [5.41, 5.74) is 2.34. The van der Waals surface area contributed by atoms with E-state index in [0.29, 0.717) is 17.3 Å². The van der Waals surface area contributed by atoms with Gasteiger partial charge in [-0.05, 0) is 29.7 Å². The summed E-state index contributed by atoms with van der Waals surface area (Å²) in [6.07, 6.45) is 0. The molecule has 0 aliphatic carbocycles. The van der Waals surface area contributed by atoms with Gasteiger partial charge in [0.1, 0.15) is 4.75 Å². The Morgan fingerprint density at radius 2 is 1.78 bits per heavy atom. The molecule has 0 heterocycles. The Kier molecular flexibility index (Phi) is 4.87. The van der Waals surface area contributed by atoms with Crippen LogP contribution in [0.5, 0.6) is 0 Å². The van der Waals surface area contributed by atoms with E-state index < -0.39 is 10.7 Å². The third-order valence-corrected chi connectivity index (χ3v) is 4.61. The van der Waals surface area contributed by atoms with Crippen molar-refractivity contribution in [2.75, 3.05) is 0 Å². The first kappa shape index (κ1) is 16.8. The molecule has 0 amide bonds. The highest BCUT2D eigenvalue weighted by Gasteiger charge is 2.39. The number of aliphatic carboxylic acids is 1. The molecule has 0 saturated heterocycles. The Morgan fingerprint density at radius 1 is 1.13 bits per heavy atom. The number of nitrogens with zero attached hydrogens (tertiary/aromatic N) is 1. The van der Waals surface area contributed by atoms with E-state index in [1.807, 2.05) is 30.3 Å². The lowest BCUT2D eigenvalue weighted by Crippen LogP contribution is -2.30. The maximum absolute atomic E-state index is 11.7. The van der Waals surface area contributed by atoms with Gasteiger partial charge in [-0.25, -0.2) is 0 Å². The monoisotopic (exact) mass is 325 g/mol. The normalized spacial score (nSPS) is 12.9. The summed E-state index contributed by atoms with van der Waals surface area (Å²) in [6.45, 7) is 2.76. The fraction of sp³-hybridized carbons (Fsp3) is 0.167. The second-order valence-corrected chi connectivity index (χ2v) is 6.77. The molecule has 1 N–H and O–H groups in total. The van der Waals surface area contributed by atoms with Gasteiger partial charge >= 0.3 is 5.97 Å². The molecule has 0 aliphatic rings. The van der Waals surface area contributed by atoms with Crippen LogP contribution in [-0.4, -0.2) is 16.2 Å². The van der Waals surface area contributed by atoms with Gasteiger partial charge in [0, 0.05) is 6.92 Å². The molecule has 2 rings (SSSR count). The summed E-state index contributed by atoms with van der Waals surface area (Å²) in [5, 5.41) is 18.7. The third-order valence-electron chi connectivity index (χ3n) is 3.52. The maximum Gasteiger partial charge on any atom is 0.324 e. The van der Waals surface area contributed by atoms with Crippen LogP contribution in [0.2, 0.25) is 0 Å². The molecular weight excluding hydrogens is 310 g/mol. The Balaban J connectivity index is 2.58. The number of thioether (sulfide) groups is 1. The van der Waals surface area contributed by atoms with Crippen molar-refractivity contribution >= 4 is 22.8 Å². The molecule has 0 spiro atoms. The molecule has 0 bridgehead atoms. The average molecular weight is 325 g/mol. The standard InChI is InChI=1S/C18H15NO3S/c1-12(20)23-18(2,17(21)22)16-9-8-14(10-15(16)11-19)13-6-4-3-5-7-13/h3-10H,1-2H3,(H,21,22). The zero-order valence-electron chi connectivity index (χ0n) is 12.7. The van der Waals surface area contributed by atoms with E-state index in [9.17, 15) is 20.0 Å². The van der Waals surface area contributed by atoms with Crippen molar-refractivity contribution in [1.29, 1.82) is 5.26 Å². The van der Waals surface area contributed by atoms with Gasteiger partial charge in [0.15, 0.2) is 5.12 Å². The Labute approximate surface area is 138 Å². The molecule has 1 atom stereocenters. The second-order valence-electron chi connectivity index (χ2n) is 5.17. The van der Waals surface area contributed by atoms with Crippen molar-refractivity contribution in [1.82, 2.24) is 0 Å². The van der Waals surface area contributed by atoms with Crippen LogP contribution in [0.25, 0.3) is 11.1 Å². The van der Waals surface area contributed by atoms with Crippen LogP contribution in [-0.2, 0) is 14.3 Å². The van der Waals surface area contributed by atoms with Gasteiger partial charge < -0.3 is 5.11 Å². The van der Waals surface area contributed by atoms with Crippen molar-refractivity contribution in [2.24, 2.45) is 0 Å². The van der Waals surface area contributed by atoms with E-state index in [4.69, 9.17) is 0 Å². The number of hydrogen-bond acceptors (Lipinski definition) is 4. The first-order valence-corrected chi connectivity index (χ1v) is 7.73. The van der Waals surface area contributed by atoms with Gasteiger partial charge in [-0.2, -0.15) is 5.26 Å². The van der Waals surface area contributed by atoms with Crippen LogP contribution in [0.3, 0.4) is 0 Å². The topological polar surface area (TPSA) is 78.2 Å². The van der Waals surface area contributed by atoms with E-state index in [2.05, 4.69) is 6.07 Å². The number of carbonyl (C=O) groups is 2. The van der Waals surface area contributed by atoms with Gasteiger partial charge in [0.2, 0.25) is 0 Å². The minimum absolute atomic E-state index is 0.255. The first-order valence-electron chi connectivity index (χ1n) is 6.91. The van der Waals surface area contributed by atoms with E-state index in [-0.39, 0.29) is 10.7 Å². The lowest BCUT2D eigenvalue weighted by Gasteiger charge is -2.24. The van der Waals surface area contributed by atoms with Crippen LogP contribution >= 0.6 is 11.8 Å². The van der Waals surface area contributed by atoms with Crippen molar-refractivity contribution in [3.63, 3.8) is 0 Å². The van der Waals surface area contributed by atoms with E-state index in [1.165, 1.54) is 13.8 Å². The number of carbonyl (C=O) groups excluding carboxylic acids is 1. The number of nitriles is 1. The Bertz CT molecular complexity index is 796. The molecule has 0 aromatic heterocycles. The maximum atomic E-state index is 11.7. The first-order chi connectivity index (χ1) is 10.9. The average Bonchev–Trinajstić information content (AvgIpc) is 2.54. The van der Waals surface area contributed by atoms with Gasteiger partial charge in [0.25, 0.3) is 0 Å². The minimum Gasteiger partial charge on any atom is -0.480 e. The van der Waals surface area contributed by atoms with Crippen molar-refractivity contribution < 1.29 is 14.7 Å². The predicted molar refractivity (Wildman–Crippen MR) is 89.9 cm³/mol. The smallest absolute Gasteiger partial charge is 0.324 e. The molecule has 2 aromatic carbocycles. The van der Waals surface area contributed by atoms with Crippen LogP contribution < -0.4 is 0 Å². The number of benzene rings is 2. The van der Waals surface area contributed by atoms with Gasteiger partial charge in [0.05, 0.1) is 11.6 Å². The quantitative estimate of drug-likeness (QED) is 0.925. The molecule has 0 saturated carbocycles. The molecule has 23 heavy (non-hydrogen) atoms.